The van der Waals surface area contributed by atoms with Gasteiger partial charge in [0.1, 0.15) is 5.60 Å². The number of fused-ring (bicyclic) bond motifs is 2. The third-order valence-corrected chi connectivity index (χ3v) is 5.80. The van der Waals surface area contributed by atoms with Gasteiger partial charge >= 0.3 is 5.97 Å². The second-order valence-corrected chi connectivity index (χ2v) is 7.74. The van der Waals surface area contributed by atoms with Crippen molar-refractivity contribution >= 4 is 5.97 Å². The van der Waals surface area contributed by atoms with Gasteiger partial charge in [0.2, 0.25) is 0 Å². The van der Waals surface area contributed by atoms with Crippen molar-refractivity contribution in [1.82, 2.24) is 0 Å². The second-order valence-electron chi connectivity index (χ2n) is 7.74. The second kappa shape index (κ2) is 6.54. The van der Waals surface area contributed by atoms with E-state index in [2.05, 4.69) is 27.4 Å². The number of ether oxygens (including phenoxy) is 1. The molecule has 21 heavy (non-hydrogen) atoms. The summed E-state index contributed by atoms with van der Waals surface area (Å²) in [6.07, 6.45) is 8.37. The monoisotopic (exact) mass is 292 g/mol. The average molecular weight is 292 g/mol. The van der Waals surface area contributed by atoms with Gasteiger partial charge in [-0.2, -0.15) is 0 Å². The van der Waals surface area contributed by atoms with E-state index in [1.54, 1.807) is 6.92 Å². The van der Waals surface area contributed by atoms with Crippen LogP contribution in [0.5, 0.6) is 0 Å². The van der Waals surface area contributed by atoms with Gasteiger partial charge in [-0.25, -0.2) is 4.79 Å². The van der Waals surface area contributed by atoms with Crippen LogP contribution in [0.2, 0.25) is 0 Å². The van der Waals surface area contributed by atoms with Gasteiger partial charge in [-0.3, -0.25) is 0 Å². The molecular formula is C19H32O2. The largest absolute Gasteiger partial charge is 0.455 e. The maximum Gasteiger partial charge on any atom is 0.333 e. The fraction of sp³-hybridized carbons (Fsp3) is 0.842. The highest BCUT2D eigenvalue weighted by Gasteiger charge is 2.52. The lowest BCUT2D eigenvalue weighted by Crippen LogP contribution is -2.54. The molecule has 0 amide bonds. The molecule has 0 aromatic carbocycles. The lowest BCUT2D eigenvalue weighted by molar-refractivity contribution is -0.187. The molecule has 2 rings (SSSR count). The van der Waals surface area contributed by atoms with Crippen LogP contribution in [0.1, 0.15) is 72.6 Å². The zero-order valence-corrected chi connectivity index (χ0v) is 14.3. The van der Waals surface area contributed by atoms with Crippen molar-refractivity contribution in [3.8, 4) is 0 Å². The van der Waals surface area contributed by atoms with Gasteiger partial charge in [-0.15, -0.1) is 0 Å². The first-order valence-electron chi connectivity index (χ1n) is 8.77. The first-order valence-corrected chi connectivity index (χ1v) is 8.77. The molecule has 0 aromatic heterocycles. The normalized spacial score (nSPS) is 38.9. The number of carbonyl (C=O) groups excluding carboxylic acids is 1. The van der Waals surface area contributed by atoms with E-state index in [1.807, 2.05) is 0 Å². The number of unbranched alkanes of at least 4 members (excludes halogenated alkanes) is 1. The minimum absolute atomic E-state index is 0.186. The zero-order chi connectivity index (χ0) is 15.6. The Balaban J connectivity index is 2.27. The lowest BCUT2D eigenvalue weighted by Gasteiger charge is -2.54. The summed E-state index contributed by atoms with van der Waals surface area (Å²) in [6.45, 7) is 12.4. The number of carbonyl (C=O) groups is 1. The summed E-state index contributed by atoms with van der Waals surface area (Å²) in [7, 11) is 0. The minimum atomic E-state index is -0.239. The fourth-order valence-corrected chi connectivity index (χ4v) is 4.84. The van der Waals surface area contributed by atoms with Gasteiger partial charge in [-0.05, 0) is 69.1 Å². The molecule has 0 radical (unpaired) electrons. The maximum atomic E-state index is 12.2. The van der Waals surface area contributed by atoms with Crippen LogP contribution in [0.15, 0.2) is 12.2 Å². The third-order valence-electron chi connectivity index (χ3n) is 5.80. The molecule has 2 nitrogen and oxygen atoms in total. The zero-order valence-electron chi connectivity index (χ0n) is 14.3. The summed E-state index contributed by atoms with van der Waals surface area (Å²) >= 11 is 0. The molecule has 0 N–H and O–H groups in total. The van der Waals surface area contributed by atoms with Crippen molar-refractivity contribution in [2.24, 2.45) is 23.7 Å². The molecule has 2 heteroatoms. The smallest absolute Gasteiger partial charge is 0.333 e. The summed E-state index contributed by atoms with van der Waals surface area (Å²) < 4.78 is 6.15. The molecule has 0 spiro atoms. The van der Waals surface area contributed by atoms with E-state index in [0.29, 0.717) is 17.4 Å². The van der Waals surface area contributed by atoms with Crippen molar-refractivity contribution in [3.63, 3.8) is 0 Å². The Morgan fingerprint density at radius 3 is 2.57 bits per heavy atom. The van der Waals surface area contributed by atoms with Crippen LogP contribution in [0.4, 0.5) is 0 Å². The lowest BCUT2D eigenvalue weighted by atomic mass is 9.56. The van der Waals surface area contributed by atoms with Crippen LogP contribution in [0.3, 0.4) is 0 Å². The topological polar surface area (TPSA) is 26.3 Å². The minimum Gasteiger partial charge on any atom is -0.455 e. The Kier molecular flexibility index (Phi) is 5.16. The van der Waals surface area contributed by atoms with E-state index in [4.69, 9.17) is 4.74 Å². The van der Waals surface area contributed by atoms with E-state index in [9.17, 15) is 4.79 Å². The predicted octanol–water partition coefficient (Wildman–Crippen LogP) is 5.13. The molecule has 2 aliphatic carbocycles. The van der Waals surface area contributed by atoms with Gasteiger partial charge in [-0.1, -0.05) is 33.8 Å². The quantitative estimate of drug-likeness (QED) is 0.519. The molecule has 0 saturated heterocycles. The number of hydrogen-bond donors (Lipinski definition) is 0. The predicted molar refractivity (Wildman–Crippen MR) is 86.9 cm³/mol. The highest BCUT2D eigenvalue weighted by atomic mass is 16.6. The van der Waals surface area contributed by atoms with Crippen LogP contribution in [-0.4, -0.2) is 11.6 Å². The van der Waals surface area contributed by atoms with Crippen molar-refractivity contribution < 1.29 is 9.53 Å². The molecule has 2 aliphatic rings. The first kappa shape index (κ1) is 16.6. The summed E-state index contributed by atoms with van der Waals surface area (Å²) in [6, 6.07) is 0. The SMILES string of the molecule is C=C(C)C(=O)OC1(CCCC)C(C)CC2CC(C)CC1C2. The van der Waals surface area contributed by atoms with Crippen LogP contribution >= 0.6 is 0 Å². The van der Waals surface area contributed by atoms with Crippen LogP contribution in [0.25, 0.3) is 0 Å². The van der Waals surface area contributed by atoms with Crippen molar-refractivity contribution in [1.29, 1.82) is 0 Å². The first-order chi connectivity index (χ1) is 9.89. The Morgan fingerprint density at radius 1 is 1.24 bits per heavy atom. The van der Waals surface area contributed by atoms with Crippen LogP contribution in [0, 0.1) is 23.7 Å². The van der Waals surface area contributed by atoms with E-state index in [0.717, 1.165) is 31.1 Å². The van der Waals surface area contributed by atoms with Gasteiger partial charge < -0.3 is 4.74 Å². The Morgan fingerprint density at radius 2 is 1.95 bits per heavy atom. The van der Waals surface area contributed by atoms with Gasteiger partial charge in [0.05, 0.1) is 0 Å². The summed E-state index contributed by atoms with van der Waals surface area (Å²) in [5.41, 5.74) is 0.293. The highest BCUT2D eigenvalue weighted by Crippen LogP contribution is 2.53. The number of hydrogen-bond acceptors (Lipinski definition) is 2. The van der Waals surface area contributed by atoms with Crippen molar-refractivity contribution in [2.75, 3.05) is 0 Å². The average Bonchev–Trinajstić information content (AvgIpc) is 2.41. The molecule has 2 fully saturated rings. The molecule has 120 valence electrons. The van der Waals surface area contributed by atoms with Gasteiger partial charge in [0.25, 0.3) is 0 Å². The van der Waals surface area contributed by atoms with Gasteiger partial charge in [0.15, 0.2) is 0 Å². The Labute approximate surface area is 130 Å². The molecule has 5 atom stereocenters. The maximum absolute atomic E-state index is 12.2. The molecule has 0 heterocycles. The highest BCUT2D eigenvalue weighted by molar-refractivity contribution is 5.87. The molecule has 0 aliphatic heterocycles. The van der Waals surface area contributed by atoms with Crippen molar-refractivity contribution in [3.05, 3.63) is 12.2 Å². The standard InChI is InChI=1S/C19H32O2/c1-6-7-8-19(21-18(20)13(2)3)15(5)11-16-9-14(4)10-17(19)12-16/h14-17H,2,6-12H2,1,3-5H3. The molecular weight excluding hydrogens is 260 g/mol. The molecule has 2 bridgehead atoms. The third kappa shape index (κ3) is 3.35. The van der Waals surface area contributed by atoms with Gasteiger partial charge in [0, 0.05) is 5.57 Å². The van der Waals surface area contributed by atoms with E-state index >= 15 is 0 Å². The summed E-state index contributed by atoms with van der Waals surface area (Å²) in [5, 5.41) is 0. The molecule has 2 saturated carbocycles. The number of esters is 1. The molecule has 5 unspecified atom stereocenters. The fourth-order valence-electron chi connectivity index (χ4n) is 4.84. The Hall–Kier alpha value is -0.790. The van der Waals surface area contributed by atoms with Crippen molar-refractivity contribution in [2.45, 2.75) is 78.2 Å². The summed E-state index contributed by atoms with van der Waals surface area (Å²) in [5.74, 6) is 2.45. The van der Waals surface area contributed by atoms with E-state index < -0.39 is 0 Å². The van der Waals surface area contributed by atoms with Crippen LogP contribution in [-0.2, 0) is 9.53 Å². The van der Waals surface area contributed by atoms with E-state index in [1.165, 1.54) is 25.7 Å². The number of rotatable bonds is 5. The molecule has 0 aromatic rings. The van der Waals surface area contributed by atoms with Crippen LogP contribution < -0.4 is 0 Å². The Bertz CT molecular complexity index is 396. The van der Waals surface area contributed by atoms with E-state index in [-0.39, 0.29) is 11.6 Å². The summed E-state index contributed by atoms with van der Waals surface area (Å²) in [4.78, 5) is 12.2.